The summed E-state index contributed by atoms with van der Waals surface area (Å²) in [6.07, 6.45) is 0. The molecule has 1 aromatic heterocycles. The van der Waals surface area contributed by atoms with Gasteiger partial charge in [-0.2, -0.15) is 13.9 Å². The number of nitrogens with zero attached hydrogens (tertiary/aromatic N) is 2. The zero-order chi connectivity index (χ0) is 16.1. The van der Waals surface area contributed by atoms with Crippen molar-refractivity contribution in [2.45, 2.75) is 20.5 Å². The van der Waals surface area contributed by atoms with Crippen LogP contribution in [0.25, 0.3) is 0 Å². The van der Waals surface area contributed by atoms with E-state index in [-0.39, 0.29) is 17.3 Å². The highest BCUT2D eigenvalue weighted by atomic mass is 19.3. The number of rotatable bonds is 5. The third-order valence-electron chi connectivity index (χ3n) is 2.69. The first-order valence-electron chi connectivity index (χ1n) is 6.38. The number of benzene rings is 1. The van der Waals surface area contributed by atoms with Gasteiger partial charge in [-0.05, 0) is 26.0 Å². The summed E-state index contributed by atoms with van der Waals surface area (Å²) >= 11 is 0. The maximum absolute atomic E-state index is 12.4. The van der Waals surface area contributed by atoms with Gasteiger partial charge in [-0.15, -0.1) is 0 Å². The number of ether oxygens (including phenoxy) is 1. The first-order valence-corrected chi connectivity index (χ1v) is 6.38. The SMILES string of the molecule is C/C(=N/Nc1nc(C)cc(=O)[nH]1)c1ccccc1OC(F)F. The number of aryl methyl sites for hydroxylation is 1. The number of aromatic amines is 1. The van der Waals surface area contributed by atoms with E-state index in [4.69, 9.17) is 0 Å². The van der Waals surface area contributed by atoms with Crippen molar-refractivity contribution in [1.29, 1.82) is 0 Å². The summed E-state index contributed by atoms with van der Waals surface area (Å²) in [5, 5.41) is 4.02. The van der Waals surface area contributed by atoms with Gasteiger partial charge in [-0.1, -0.05) is 12.1 Å². The average molecular weight is 308 g/mol. The molecule has 0 unspecified atom stereocenters. The third kappa shape index (κ3) is 4.11. The van der Waals surface area contributed by atoms with Crippen molar-refractivity contribution < 1.29 is 13.5 Å². The van der Waals surface area contributed by atoms with Gasteiger partial charge in [0.25, 0.3) is 5.56 Å². The molecule has 0 spiro atoms. The van der Waals surface area contributed by atoms with Crippen LogP contribution >= 0.6 is 0 Å². The summed E-state index contributed by atoms with van der Waals surface area (Å²) < 4.78 is 29.2. The summed E-state index contributed by atoms with van der Waals surface area (Å²) in [4.78, 5) is 17.8. The number of para-hydroxylation sites is 1. The van der Waals surface area contributed by atoms with Crippen molar-refractivity contribution in [2.24, 2.45) is 5.10 Å². The zero-order valence-corrected chi connectivity index (χ0v) is 11.9. The van der Waals surface area contributed by atoms with Gasteiger partial charge in [-0.3, -0.25) is 9.78 Å². The summed E-state index contributed by atoms with van der Waals surface area (Å²) in [7, 11) is 0. The molecule has 116 valence electrons. The molecule has 0 fully saturated rings. The minimum Gasteiger partial charge on any atom is -0.434 e. The standard InChI is InChI=1S/C14H14F2N4O2/c1-8-7-12(21)18-14(17-8)20-19-9(2)10-5-3-4-6-11(10)22-13(15)16/h3-7,13H,1-2H3,(H2,17,18,20,21)/b19-9-. The lowest BCUT2D eigenvalue weighted by Gasteiger charge is -2.10. The van der Waals surface area contributed by atoms with Crippen LogP contribution in [0, 0.1) is 6.92 Å². The highest BCUT2D eigenvalue weighted by Crippen LogP contribution is 2.21. The van der Waals surface area contributed by atoms with Gasteiger partial charge in [0.1, 0.15) is 5.75 Å². The Hall–Kier alpha value is -2.77. The van der Waals surface area contributed by atoms with Gasteiger partial charge in [0.15, 0.2) is 0 Å². The molecule has 2 N–H and O–H groups in total. The van der Waals surface area contributed by atoms with E-state index in [2.05, 4.69) is 25.2 Å². The lowest BCUT2D eigenvalue weighted by molar-refractivity contribution is -0.0499. The molecule has 1 aromatic carbocycles. The van der Waals surface area contributed by atoms with Crippen molar-refractivity contribution in [1.82, 2.24) is 9.97 Å². The van der Waals surface area contributed by atoms with Gasteiger partial charge < -0.3 is 4.74 Å². The molecule has 2 rings (SSSR count). The molecule has 0 saturated carbocycles. The van der Waals surface area contributed by atoms with Crippen molar-refractivity contribution >= 4 is 11.7 Å². The van der Waals surface area contributed by atoms with Gasteiger partial charge in [0, 0.05) is 17.3 Å². The monoisotopic (exact) mass is 308 g/mol. The molecule has 8 heteroatoms. The zero-order valence-electron chi connectivity index (χ0n) is 11.9. The number of aromatic nitrogens is 2. The number of H-pyrrole nitrogens is 1. The predicted octanol–water partition coefficient (Wildman–Crippen LogP) is 2.52. The van der Waals surface area contributed by atoms with E-state index >= 15 is 0 Å². The van der Waals surface area contributed by atoms with E-state index in [0.29, 0.717) is 17.0 Å². The van der Waals surface area contributed by atoms with Crippen molar-refractivity contribution in [3.05, 3.63) is 51.9 Å². The molecule has 0 amide bonds. The molecule has 0 radical (unpaired) electrons. The second kappa shape index (κ2) is 6.79. The summed E-state index contributed by atoms with van der Waals surface area (Å²) in [5.74, 6) is 0.183. The number of anilines is 1. The third-order valence-corrected chi connectivity index (χ3v) is 2.69. The minimum atomic E-state index is -2.92. The van der Waals surface area contributed by atoms with Crippen molar-refractivity contribution in [3.63, 3.8) is 0 Å². The maximum Gasteiger partial charge on any atom is 0.387 e. The lowest BCUT2D eigenvalue weighted by atomic mass is 10.1. The Morgan fingerprint density at radius 3 is 2.82 bits per heavy atom. The Kier molecular flexibility index (Phi) is 4.82. The molecular weight excluding hydrogens is 294 g/mol. The van der Waals surface area contributed by atoms with E-state index in [1.165, 1.54) is 12.1 Å². The summed E-state index contributed by atoms with van der Waals surface area (Å²) in [6.45, 7) is 0.369. The molecule has 0 aliphatic rings. The second-order valence-corrected chi connectivity index (χ2v) is 4.42. The molecule has 0 atom stereocenters. The van der Waals surface area contributed by atoms with E-state index in [9.17, 15) is 13.6 Å². The molecule has 0 bridgehead atoms. The van der Waals surface area contributed by atoms with Crippen LogP contribution < -0.4 is 15.7 Å². The van der Waals surface area contributed by atoms with E-state index in [1.54, 1.807) is 32.0 Å². The Morgan fingerprint density at radius 1 is 1.41 bits per heavy atom. The van der Waals surface area contributed by atoms with Crippen LogP contribution in [0.1, 0.15) is 18.2 Å². The number of nitrogens with one attached hydrogen (secondary N) is 2. The van der Waals surface area contributed by atoms with E-state index < -0.39 is 6.61 Å². The Morgan fingerprint density at radius 2 is 2.14 bits per heavy atom. The fourth-order valence-electron chi connectivity index (χ4n) is 1.79. The molecule has 6 nitrogen and oxygen atoms in total. The van der Waals surface area contributed by atoms with E-state index in [0.717, 1.165) is 0 Å². The topological polar surface area (TPSA) is 79.4 Å². The molecule has 0 saturated heterocycles. The number of hydrogen-bond acceptors (Lipinski definition) is 5. The lowest BCUT2D eigenvalue weighted by Crippen LogP contribution is -2.12. The number of alkyl halides is 2. The number of halogens is 2. The van der Waals surface area contributed by atoms with Crippen LogP contribution in [0.3, 0.4) is 0 Å². The Balaban J connectivity index is 2.24. The maximum atomic E-state index is 12.4. The average Bonchev–Trinajstić information content (AvgIpc) is 2.44. The molecule has 0 aliphatic heterocycles. The molecule has 1 heterocycles. The molecule has 2 aromatic rings. The van der Waals surface area contributed by atoms with Crippen LogP contribution in [0.4, 0.5) is 14.7 Å². The van der Waals surface area contributed by atoms with Crippen LogP contribution in [-0.4, -0.2) is 22.3 Å². The number of hydrazone groups is 1. The van der Waals surface area contributed by atoms with Crippen LogP contribution in [0.15, 0.2) is 40.2 Å². The highest BCUT2D eigenvalue weighted by Gasteiger charge is 2.11. The Labute approximate surface area is 124 Å². The van der Waals surface area contributed by atoms with Gasteiger partial charge >= 0.3 is 6.61 Å². The fraction of sp³-hybridized carbons (Fsp3) is 0.214. The normalized spacial score (nSPS) is 11.6. The largest absolute Gasteiger partial charge is 0.434 e. The molecular formula is C14H14F2N4O2. The van der Waals surface area contributed by atoms with Gasteiger partial charge in [0.2, 0.25) is 5.95 Å². The van der Waals surface area contributed by atoms with Crippen molar-refractivity contribution in [2.75, 3.05) is 5.43 Å². The van der Waals surface area contributed by atoms with E-state index in [1.807, 2.05) is 0 Å². The smallest absolute Gasteiger partial charge is 0.387 e. The van der Waals surface area contributed by atoms with Gasteiger partial charge in [0.05, 0.1) is 5.71 Å². The predicted molar refractivity (Wildman–Crippen MR) is 78.5 cm³/mol. The van der Waals surface area contributed by atoms with Gasteiger partial charge in [-0.25, -0.2) is 10.4 Å². The summed E-state index contributed by atoms with van der Waals surface area (Å²) in [6, 6.07) is 7.63. The molecule has 22 heavy (non-hydrogen) atoms. The second-order valence-electron chi connectivity index (χ2n) is 4.42. The number of hydrogen-bond donors (Lipinski definition) is 2. The minimum absolute atomic E-state index is 0.0197. The van der Waals surface area contributed by atoms with Crippen LogP contribution in [0.2, 0.25) is 0 Å². The fourth-order valence-corrected chi connectivity index (χ4v) is 1.79. The summed E-state index contributed by atoms with van der Waals surface area (Å²) in [5.41, 5.74) is 3.61. The first kappa shape index (κ1) is 15.6. The van der Waals surface area contributed by atoms with Crippen LogP contribution in [-0.2, 0) is 0 Å². The first-order chi connectivity index (χ1) is 10.5. The van der Waals surface area contributed by atoms with Crippen molar-refractivity contribution in [3.8, 4) is 5.75 Å². The highest BCUT2D eigenvalue weighted by molar-refractivity contribution is 6.01. The molecule has 0 aliphatic carbocycles. The Bertz CT molecular complexity index is 744. The van der Waals surface area contributed by atoms with Crippen LogP contribution in [0.5, 0.6) is 5.75 Å². The quantitative estimate of drug-likeness (QED) is 0.657.